The lowest BCUT2D eigenvalue weighted by molar-refractivity contribution is -0.136. The number of fused-ring (bicyclic) bond motifs is 1. The predicted octanol–water partition coefficient (Wildman–Crippen LogP) is 0.760. The second kappa shape index (κ2) is 21.9. The molecule has 0 aliphatic carbocycles. The van der Waals surface area contributed by atoms with Crippen molar-refractivity contribution >= 4 is 41.7 Å². The maximum absolute atomic E-state index is 13.1. The molecule has 1 saturated heterocycles. The van der Waals surface area contributed by atoms with Gasteiger partial charge in [-0.2, -0.15) is 0 Å². The molecule has 0 saturated carbocycles. The van der Waals surface area contributed by atoms with E-state index >= 15 is 0 Å². The van der Waals surface area contributed by atoms with E-state index in [1.807, 2.05) is 0 Å². The van der Waals surface area contributed by atoms with Crippen molar-refractivity contribution in [2.75, 3.05) is 97.7 Å². The average molecular weight is 645 g/mol. The third-order valence-corrected chi connectivity index (χ3v) is 6.63. The molecule has 15 heteroatoms. The Labute approximate surface area is 263 Å². The second-order valence-corrected chi connectivity index (χ2v) is 9.77. The zero-order valence-corrected chi connectivity index (χ0v) is 25.9. The molecule has 4 N–H and O–H groups in total. The van der Waals surface area contributed by atoms with Crippen LogP contribution in [0.25, 0.3) is 0 Å². The summed E-state index contributed by atoms with van der Waals surface area (Å²) < 4.78 is 32.8. The molecule has 1 atom stereocenters. The monoisotopic (exact) mass is 644 g/mol. The van der Waals surface area contributed by atoms with Gasteiger partial charge in [-0.1, -0.05) is 6.07 Å². The minimum absolute atomic E-state index is 0. The Hall–Kier alpha value is -2.69. The molecular weight excluding hydrogens is 600 g/mol. The summed E-state index contributed by atoms with van der Waals surface area (Å²) in [4.78, 5) is 50.7. The minimum atomic E-state index is -1.00. The number of unbranched alkanes of at least 4 members (excludes halogenated alkanes) is 1. The number of nitrogens with zero attached hydrogens (tertiary/aromatic N) is 1. The summed E-state index contributed by atoms with van der Waals surface area (Å²) in [6.07, 6.45) is 2.13. The van der Waals surface area contributed by atoms with E-state index in [1.165, 1.54) is 0 Å². The van der Waals surface area contributed by atoms with Crippen molar-refractivity contribution in [3.8, 4) is 0 Å². The lowest BCUT2D eigenvalue weighted by Gasteiger charge is -2.27. The number of anilines is 1. The largest absolute Gasteiger partial charge is 0.382 e. The number of hydrogen-bond donors (Lipinski definition) is 3. The molecule has 2 aliphatic heterocycles. The summed E-state index contributed by atoms with van der Waals surface area (Å²) >= 11 is 0. The zero-order valence-electron chi connectivity index (χ0n) is 25.1. The molecule has 0 bridgehead atoms. The Bertz CT molecular complexity index is 1050. The van der Waals surface area contributed by atoms with Crippen LogP contribution in [0.1, 0.15) is 46.4 Å². The van der Waals surface area contributed by atoms with Crippen molar-refractivity contribution in [3.05, 3.63) is 29.3 Å². The van der Waals surface area contributed by atoms with Crippen molar-refractivity contribution < 1.29 is 47.6 Å². The lowest BCUT2D eigenvalue weighted by Crippen LogP contribution is -2.54. The number of benzene rings is 1. The van der Waals surface area contributed by atoms with E-state index in [2.05, 4.69) is 10.6 Å². The molecule has 1 aromatic carbocycles. The van der Waals surface area contributed by atoms with Crippen LogP contribution in [0.2, 0.25) is 0 Å². The van der Waals surface area contributed by atoms with Crippen LogP contribution in [0, 0.1) is 0 Å². The van der Waals surface area contributed by atoms with Crippen LogP contribution in [0.15, 0.2) is 18.2 Å². The number of rotatable bonds is 24. The van der Waals surface area contributed by atoms with E-state index in [-0.39, 0.29) is 36.4 Å². The van der Waals surface area contributed by atoms with Crippen molar-refractivity contribution in [1.82, 2.24) is 10.2 Å². The topological polar surface area (TPSA) is 177 Å². The van der Waals surface area contributed by atoms with Crippen molar-refractivity contribution in [2.45, 2.75) is 31.7 Å². The maximum Gasteiger partial charge on any atom is 0.264 e. The summed E-state index contributed by atoms with van der Waals surface area (Å²) in [5.74, 6) is -2.15. The van der Waals surface area contributed by atoms with Crippen LogP contribution >= 0.6 is 12.4 Å². The van der Waals surface area contributed by atoms with Gasteiger partial charge in [0.15, 0.2) is 0 Å². The number of piperidine rings is 1. The highest BCUT2D eigenvalue weighted by Crippen LogP contribution is 2.32. The number of amides is 4. The first kappa shape index (κ1) is 37.5. The number of halogens is 1. The predicted molar refractivity (Wildman–Crippen MR) is 162 cm³/mol. The molecule has 0 radical (unpaired) electrons. The van der Waals surface area contributed by atoms with E-state index in [0.29, 0.717) is 98.1 Å². The van der Waals surface area contributed by atoms with Crippen LogP contribution in [0.4, 0.5) is 5.69 Å². The molecule has 1 unspecified atom stereocenters. The highest BCUT2D eigenvalue weighted by molar-refractivity contribution is 6.25. The normalized spacial score (nSPS) is 16.2. The highest BCUT2D eigenvalue weighted by Gasteiger charge is 2.45. The van der Waals surface area contributed by atoms with Gasteiger partial charge in [-0.3, -0.25) is 29.4 Å². The summed E-state index contributed by atoms with van der Waals surface area (Å²) in [6.45, 7) is 6.92. The Balaban J connectivity index is 0.00000675. The molecule has 2 heterocycles. The Morgan fingerprint density at radius 1 is 0.750 bits per heavy atom. The number of imide groups is 2. The van der Waals surface area contributed by atoms with Gasteiger partial charge in [-0.25, -0.2) is 0 Å². The first-order valence-electron chi connectivity index (χ1n) is 14.8. The van der Waals surface area contributed by atoms with Crippen LogP contribution < -0.4 is 16.4 Å². The van der Waals surface area contributed by atoms with Gasteiger partial charge in [-0.05, 0) is 37.9 Å². The minimum Gasteiger partial charge on any atom is -0.382 e. The lowest BCUT2D eigenvalue weighted by atomic mass is 10.0. The molecule has 2 aliphatic rings. The Morgan fingerprint density at radius 3 is 1.84 bits per heavy atom. The quantitative estimate of drug-likeness (QED) is 0.107. The standard InChI is InChI=1S/C29H44N4O10.ClH/c30-8-1-2-10-38-12-14-40-16-18-42-20-21-43-19-17-41-15-13-39-11-9-31-23-5-3-4-22-26(23)29(37)33(28(22)36)24-6-7-25(34)32-27(24)35;/h3-5,24,31H,1-2,6-21,30H2,(H,32,34,35);1H. The fourth-order valence-corrected chi connectivity index (χ4v) is 4.47. The van der Waals surface area contributed by atoms with Crippen molar-refractivity contribution in [1.29, 1.82) is 0 Å². The Kier molecular flexibility index (Phi) is 18.7. The third-order valence-electron chi connectivity index (χ3n) is 6.63. The molecule has 4 amide bonds. The SMILES string of the molecule is Cl.NCCCCOCCOCCOCCOCCOCCOCCNc1cccc2c1C(=O)N(C1CCC(=O)NC1=O)C2=O. The molecule has 1 aromatic rings. The average Bonchev–Trinajstić information content (AvgIpc) is 3.25. The summed E-state index contributed by atoms with van der Waals surface area (Å²) in [6, 6.07) is 3.92. The number of carbonyl (C=O) groups is 4. The van der Waals surface area contributed by atoms with Crippen molar-refractivity contribution in [2.24, 2.45) is 5.73 Å². The maximum atomic E-state index is 13.1. The van der Waals surface area contributed by atoms with E-state index in [0.717, 1.165) is 17.7 Å². The Morgan fingerprint density at radius 2 is 1.30 bits per heavy atom. The van der Waals surface area contributed by atoms with E-state index in [4.69, 9.17) is 34.2 Å². The number of nitrogens with one attached hydrogen (secondary N) is 2. The summed E-state index contributed by atoms with van der Waals surface area (Å²) in [5.41, 5.74) is 6.35. The van der Waals surface area contributed by atoms with E-state index < -0.39 is 29.7 Å². The van der Waals surface area contributed by atoms with Gasteiger partial charge in [0.05, 0.1) is 83.8 Å². The van der Waals surface area contributed by atoms with Gasteiger partial charge >= 0.3 is 0 Å². The number of nitrogens with two attached hydrogens (primary N) is 1. The zero-order chi connectivity index (χ0) is 30.7. The molecule has 14 nitrogen and oxygen atoms in total. The number of ether oxygens (including phenoxy) is 6. The van der Waals surface area contributed by atoms with Gasteiger partial charge in [0.25, 0.3) is 11.8 Å². The van der Waals surface area contributed by atoms with Gasteiger partial charge in [-0.15, -0.1) is 12.4 Å². The summed E-state index contributed by atoms with van der Waals surface area (Å²) in [7, 11) is 0. The van der Waals surface area contributed by atoms with Crippen LogP contribution in [0.5, 0.6) is 0 Å². The van der Waals surface area contributed by atoms with Crippen molar-refractivity contribution in [3.63, 3.8) is 0 Å². The van der Waals surface area contributed by atoms with Gasteiger partial charge in [0.2, 0.25) is 11.8 Å². The number of hydrogen-bond acceptors (Lipinski definition) is 12. The fourth-order valence-electron chi connectivity index (χ4n) is 4.47. The first-order valence-corrected chi connectivity index (χ1v) is 14.8. The molecule has 0 aromatic heterocycles. The molecule has 1 fully saturated rings. The van der Waals surface area contributed by atoms with Crippen LogP contribution in [-0.2, 0) is 38.0 Å². The summed E-state index contributed by atoms with van der Waals surface area (Å²) in [5, 5.41) is 5.32. The highest BCUT2D eigenvalue weighted by atomic mass is 35.5. The van der Waals surface area contributed by atoms with Gasteiger partial charge < -0.3 is 39.5 Å². The smallest absolute Gasteiger partial charge is 0.264 e. The molecule has 248 valence electrons. The second-order valence-electron chi connectivity index (χ2n) is 9.77. The first-order chi connectivity index (χ1) is 21.0. The van der Waals surface area contributed by atoms with E-state index in [1.54, 1.807) is 18.2 Å². The molecule has 44 heavy (non-hydrogen) atoms. The number of carbonyl (C=O) groups excluding carboxylic acids is 4. The fraction of sp³-hybridized carbons (Fsp3) is 0.655. The molecule has 0 spiro atoms. The molecular formula is C29H45ClN4O10. The van der Waals surface area contributed by atoms with E-state index in [9.17, 15) is 19.2 Å². The van der Waals surface area contributed by atoms with Crippen LogP contribution in [-0.4, -0.2) is 127 Å². The van der Waals surface area contributed by atoms with Crippen LogP contribution in [0.3, 0.4) is 0 Å². The van der Waals surface area contributed by atoms with Gasteiger partial charge in [0, 0.05) is 25.3 Å². The third kappa shape index (κ3) is 12.4. The van der Waals surface area contributed by atoms with Gasteiger partial charge in [0.1, 0.15) is 6.04 Å². The molecule has 3 rings (SSSR count).